The Hall–Kier alpha value is -2.36. The van der Waals surface area contributed by atoms with E-state index in [9.17, 15) is 0 Å². The van der Waals surface area contributed by atoms with E-state index in [0.29, 0.717) is 0 Å². The normalized spacial score (nSPS) is 11.0. The third-order valence-corrected chi connectivity index (χ3v) is 3.64. The van der Waals surface area contributed by atoms with E-state index in [2.05, 4.69) is 48.3 Å². The monoisotopic (exact) mass is 280 g/mol. The van der Waals surface area contributed by atoms with Crippen LogP contribution in [-0.2, 0) is 6.54 Å². The molecule has 0 fully saturated rings. The molecule has 2 aromatic heterocycles. The van der Waals surface area contributed by atoms with E-state index in [-0.39, 0.29) is 0 Å². The molecule has 21 heavy (non-hydrogen) atoms. The lowest BCUT2D eigenvalue weighted by molar-refractivity contribution is 0.895. The summed E-state index contributed by atoms with van der Waals surface area (Å²) in [6.07, 6.45) is 3.93. The van der Waals surface area contributed by atoms with E-state index in [1.165, 1.54) is 22.4 Å². The minimum absolute atomic E-state index is 0.743. The fraction of sp³-hybridized carbons (Fsp3) is 0.294. The zero-order chi connectivity index (χ0) is 15.0. The summed E-state index contributed by atoms with van der Waals surface area (Å²) in [7, 11) is 0. The summed E-state index contributed by atoms with van der Waals surface area (Å²) in [4.78, 5) is 4.43. The summed E-state index contributed by atoms with van der Waals surface area (Å²) in [5.74, 6) is 0. The molecule has 0 spiro atoms. The van der Waals surface area contributed by atoms with Crippen molar-refractivity contribution in [1.82, 2.24) is 14.6 Å². The molecule has 0 radical (unpaired) electrons. The van der Waals surface area contributed by atoms with Crippen LogP contribution in [0, 0.1) is 27.7 Å². The number of fused-ring (bicyclic) bond motifs is 1. The van der Waals surface area contributed by atoms with Gasteiger partial charge in [-0.15, -0.1) is 0 Å². The Morgan fingerprint density at radius 2 is 1.76 bits per heavy atom. The molecule has 0 unspecified atom stereocenters. The molecule has 0 atom stereocenters. The Morgan fingerprint density at radius 1 is 1.05 bits per heavy atom. The highest BCUT2D eigenvalue weighted by atomic mass is 15.2. The first kappa shape index (κ1) is 13.6. The van der Waals surface area contributed by atoms with Gasteiger partial charge in [-0.05, 0) is 38.8 Å². The van der Waals surface area contributed by atoms with E-state index in [0.717, 1.165) is 23.4 Å². The molecule has 0 amide bonds. The average Bonchev–Trinajstić information content (AvgIpc) is 2.76. The molecule has 3 rings (SSSR count). The minimum Gasteiger partial charge on any atom is -0.380 e. The van der Waals surface area contributed by atoms with Crippen LogP contribution in [-0.4, -0.2) is 14.6 Å². The molecular weight excluding hydrogens is 260 g/mol. The van der Waals surface area contributed by atoms with Gasteiger partial charge in [-0.25, -0.2) is 9.50 Å². The van der Waals surface area contributed by atoms with E-state index in [1.54, 1.807) is 0 Å². The highest BCUT2D eigenvalue weighted by Crippen LogP contribution is 2.22. The number of hydrogen-bond acceptors (Lipinski definition) is 3. The fourth-order valence-corrected chi connectivity index (χ4v) is 2.77. The standard InChI is InChI=1S/C17H20N4/c1-11-5-12(2)17(13(3)6-11)19-9-15-8-18-16-7-14(4)20-21(16)10-15/h5-8,10,19H,9H2,1-4H3. The van der Waals surface area contributed by atoms with Crippen LogP contribution in [0.3, 0.4) is 0 Å². The maximum atomic E-state index is 4.43. The van der Waals surface area contributed by atoms with E-state index in [1.807, 2.05) is 29.9 Å². The van der Waals surface area contributed by atoms with E-state index >= 15 is 0 Å². The van der Waals surface area contributed by atoms with Gasteiger partial charge in [0, 0.05) is 36.3 Å². The average molecular weight is 280 g/mol. The molecule has 0 saturated heterocycles. The summed E-state index contributed by atoms with van der Waals surface area (Å²) in [5, 5.41) is 7.92. The molecule has 0 bridgehead atoms. The second-order valence-electron chi connectivity index (χ2n) is 5.68. The topological polar surface area (TPSA) is 42.2 Å². The van der Waals surface area contributed by atoms with Crippen molar-refractivity contribution >= 4 is 11.3 Å². The number of aromatic nitrogens is 3. The predicted molar refractivity (Wildman–Crippen MR) is 85.7 cm³/mol. The van der Waals surface area contributed by atoms with Crippen molar-refractivity contribution in [3.05, 3.63) is 58.5 Å². The second kappa shape index (κ2) is 5.20. The molecular formula is C17H20N4. The van der Waals surface area contributed by atoms with E-state index < -0.39 is 0 Å². The number of rotatable bonds is 3. The summed E-state index contributed by atoms with van der Waals surface area (Å²) in [5.41, 5.74) is 8.04. The van der Waals surface area contributed by atoms with Gasteiger partial charge < -0.3 is 5.32 Å². The number of nitrogens with one attached hydrogen (secondary N) is 1. The zero-order valence-electron chi connectivity index (χ0n) is 12.9. The van der Waals surface area contributed by atoms with Crippen LogP contribution < -0.4 is 5.32 Å². The third-order valence-electron chi connectivity index (χ3n) is 3.64. The Labute approximate surface area is 124 Å². The van der Waals surface area contributed by atoms with Gasteiger partial charge in [-0.3, -0.25) is 0 Å². The lowest BCUT2D eigenvalue weighted by Crippen LogP contribution is -2.05. The smallest absolute Gasteiger partial charge is 0.155 e. The van der Waals surface area contributed by atoms with Gasteiger partial charge in [-0.1, -0.05) is 17.7 Å². The molecule has 4 heteroatoms. The highest BCUT2D eigenvalue weighted by Gasteiger charge is 2.05. The van der Waals surface area contributed by atoms with Gasteiger partial charge in [-0.2, -0.15) is 5.10 Å². The molecule has 0 aliphatic carbocycles. The summed E-state index contributed by atoms with van der Waals surface area (Å²) in [6.45, 7) is 9.13. The summed E-state index contributed by atoms with van der Waals surface area (Å²) < 4.78 is 1.83. The van der Waals surface area contributed by atoms with Gasteiger partial charge in [0.05, 0.1) is 5.69 Å². The first-order valence-electron chi connectivity index (χ1n) is 7.15. The van der Waals surface area contributed by atoms with Crippen molar-refractivity contribution in [3.63, 3.8) is 0 Å². The quantitative estimate of drug-likeness (QED) is 0.797. The van der Waals surface area contributed by atoms with Gasteiger partial charge in [0.25, 0.3) is 0 Å². The molecule has 1 aromatic carbocycles. The Morgan fingerprint density at radius 3 is 2.48 bits per heavy atom. The zero-order valence-corrected chi connectivity index (χ0v) is 12.9. The lowest BCUT2D eigenvalue weighted by Gasteiger charge is -2.13. The van der Waals surface area contributed by atoms with Crippen LogP contribution in [0.15, 0.2) is 30.6 Å². The van der Waals surface area contributed by atoms with Crippen molar-refractivity contribution in [2.75, 3.05) is 5.32 Å². The van der Waals surface area contributed by atoms with Crippen molar-refractivity contribution in [3.8, 4) is 0 Å². The van der Waals surface area contributed by atoms with Crippen molar-refractivity contribution in [1.29, 1.82) is 0 Å². The fourth-order valence-electron chi connectivity index (χ4n) is 2.77. The summed E-state index contributed by atoms with van der Waals surface area (Å²) in [6, 6.07) is 6.38. The maximum absolute atomic E-state index is 4.43. The summed E-state index contributed by atoms with van der Waals surface area (Å²) >= 11 is 0. The third kappa shape index (κ3) is 2.75. The Kier molecular flexibility index (Phi) is 3.37. The largest absolute Gasteiger partial charge is 0.380 e. The highest BCUT2D eigenvalue weighted by molar-refractivity contribution is 5.58. The molecule has 1 N–H and O–H groups in total. The van der Waals surface area contributed by atoms with Crippen molar-refractivity contribution in [2.24, 2.45) is 0 Å². The lowest BCUT2D eigenvalue weighted by atomic mass is 10.1. The van der Waals surface area contributed by atoms with Gasteiger partial charge in [0.1, 0.15) is 0 Å². The number of anilines is 1. The molecule has 0 saturated carbocycles. The number of nitrogens with zero attached hydrogens (tertiary/aromatic N) is 3. The first-order valence-corrected chi connectivity index (χ1v) is 7.15. The molecule has 108 valence electrons. The van der Waals surface area contributed by atoms with Crippen molar-refractivity contribution in [2.45, 2.75) is 34.2 Å². The van der Waals surface area contributed by atoms with Crippen molar-refractivity contribution < 1.29 is 0 Å². The number of hydrogen-bond donors (Lipinski definition) is 1. The van der Waals surface area contributed by atoms with Crippen LogP contribution in [0.1, 0.15) is 27.9 Å². The Bertz CT molecular complexity index is 779. The van der Waals surface area contributed by atoms with Gasteiger partial charge in [0.15, 0.2) is 5.65 Å². The molecule has 3 aromatic rings. The van der Waals surface area contributed by atoms with Crippen LogP contribution in [0.2, 0.25) is 0 Å². The molecule has 4 nitrogen and oxygen atoms in total. The van der Waals surface area contributed by atoms with Crippen LogP contribution >= 0.6 is 0 Å². The Balaban J connectivity index is 1.83. The van der Waals surface area contributed by atoms with E-state index in [4.69, 9.17) is 0 Å². The van der Waals surface area contributed by atoms with Crippen LogP contribution in [0.5, 0.6) is 0 Å². The predicted octanol–water partition coefficient (Wildman–Crippen LogP) is 3.58. The minimum atomic E-state index is 0.743. The van der Waals surface area contributed by atoms with Crippen LogP contribution in [0.4, 0.5) is 5.69 Å². The van der Waals surface area contributed by atoms with Crippen LogP contribution in [0.25, 0.3) is 5.65 Å². The number of aryl methyl sites for hydroxylation is 4. The first-order chi connectivity index (χ1) is 10.0. The molecule has 0 aliphatic heterocycles. The molecule has 2 heterocycles. The van der Waals surface area contributed by atoms with Gasteiger partial charge in [0.2, 0.25) is 0 Å². The SMILES string of the molecule is Cc1cc(C)c(NCc2cnc3cc(C)nn3c2)c(C)c1. The van der Waals surface area contributed by atoms with Gasteiger partial charge >= 0.3 is 0 Å². The number of benzene rings is 1. The maximum Gasteiger partial charge on any atom is 0.155 e. The second-order valence-corrected chi connectivity index (χ2v) is 5.68. The molecule has 0 aliphatic rings.